The summed E-state index contributed by atoms with van der Waals surface area (Å²) in [6.45, 7) is 3.83. The average molecular weight is 287 g/mol. The average Bonchev–Trinajstić information content (AvgIpc) is 3.10. The van der Waals surface area contributed by atoms with E-state index in [1.807, 2.05) is 19.2 Å². The molecular weight excluding hydrogens is 274 g/mol. The fourth-order valence-electron chi connectivity index (χ4n) is 1.84. The molecule has 0 aliphatic heterocycles. The molecule has 3 aromatic rings. The number of aromatic nitrogens is 4. The number of carbonyl (C=O) groups excluding carboxylic acids is 1. The molecule has 0 radical (unpaired) electrons. The summed E-state index contributed by atoms with van der Waals surface area (Å²) < 4.78 is 0. The van der Waals surface area contributed by atoms with Crippen molar-refractivity contribution in [3.63, 3.8) is 0 Å². The van der Waals surface area contributed by atoms with E-state index in [0.717, 1.165) is 22.0 Å². The van der Waals surface area contributed by atoms with Gasteiger partial charge in [-0.2, -0.15) is 5.10 Å². The van der Waals surface area contributed by atoms with Crippen molar-refractivity contribution in [3.05, 3.63) is 40.1 Å². The van der Waals surface area contributed by atoms with E-state index in [2.05, 4.69) is 25.5 Å². The van der Waals surface area contributed by atoms with E-state index in [1.54, 1.807) is 29.7 Å². The van der Waals surface area contributed by atoms with Crippen molar-refractivity contribution in [3.8, 4) is 11.3 Å². The lowest BCUT2D eigenvalue weighted by Crippen LogP contribution is -2.12. The normalized spacial score (nSPS) is 10.7. The molecular formula is C13H13N5OS. The van der Waals surface area contributed by atoms with Crippen molar-refractivity contribution >= 4 is 23.1 Å². The molecule has 3 N–H and O–H groups in total. The summed E-state index contributed by atoms with van der Waals surface area (Å²) >= 11 is 1.58. The molecule has 0 spiro atoms. The van der Waals surface area contributed by atoms with Gasteiger partial charge in [-0.3, -0.25) is 9.89 Å². The van der Waals surface area contributed by atoms with Crippen LogP contribution in [-0.4, -0.2) is 26.1 Å². The van der Waals surface area contributed by atoms with Gasteiger partial charge in [-0.15, -0.1) is 11.3 Å². The van der Waals surface area contributed by atoms with Gasteiger partial charge in [0.1, 0.15) is 5.69 Å². The second-order valence-electron chi connectivity index (χ2n) is 4.44. The number of hydrogen-bond acceptors (Lipinski definition) is 4. The molecule has 0 bridgehead atoms. The third kappa shape index (κ3) is 2.48. The van der Waals surface area contributed by atoms with E-state index in [-0.39, 0.29) is 5.91 Å². The molecule has 0 saturated carbocycles. The van der Waals surface area contributed by atoms with Crippen molar-refractivity contribution in [1.29, 1.82) is 0 Å². The number of amides is 1. The van der Waals surface area contributed by atoms with Crippen LogP contribution in [0, 0.1) is 13.8 Å². The number of nitrogens with zero attached hydrogens (tertiary/aromatic N) is 2. The topological polar surface area (TPSA) is 86.5 Å². The standard InChI is InChI=1S/C13H13N5OS/c1-7-3-12(18-17-7)16-13(19)10-4-9(5-14-10)11-6-20-8(2)15-11/h3-6,14H,1-2H3,(H2,16,17,18,19). The summed E-state index contributed by atoms with van der Waals surface area (Å²) in [6, 6.07) is 3.55. The van der Waals surface area contributed by atoms with E-state index in [1.165, 1.54) is 0 Å². The minimum absolute atomic E-state index is 0.227. The zero-order valence-electron chi connectivity index (χ0n) is 11.0. The van der Waals surface area contributed by atoms with E-state index in [4.69, 9.17) is 0 Å². The Labute approximate surface area is 119 Å². The minimum Gasteiger partial charge on any atom is -0.357 e. The van der Waals surface area contributed by atoms with Crippen LogP contribution in [0.5, 0.6) is 0 Å². The first kappa shape index (κ1) is 12.6. The maximum atomic E-state index is 12.1. The van der Waals surface area contributed by atoms with E-state index < -0.39 is 0 Å². The Balaban J connectivity index is 1.78. The first-order chi connectivity index (χ1) is 9.61. The molecule has 0 aliphatic carbocycles. The van der Waals surface area contributed by atoms with Gasteiger partial charge in [0.25, 0.3) is 5.91 Å². The lowest BCUT2D eigenvalue weighted by molar-refractivity contribution is 0.102. The molecule has 7 heteroatoms. The van der Waals surface area contributed by atoms with Crippen LogP contribution in [-0.2, 0) is 0 Å². The predicted molar refractivity (Wildman–Crippen MR) is 77.9 cm³/mol. The highest BCUT2D eigenvalue weighted by Gasteiger charge is 2.12. The molecule has 3 rings (SSSR count). The molecule has 1 amide bonds. The summed E-state index contributed by atoms with van der Waals surface area (Å²) in [6.07, 6.45) is 1.78. The SMILES string of the molecule is Cc1cc(NC(=O)c2cc(-c3csc(C)n3)c[nH]2)n[nH]1. The number of aromatic amines is 2. The number of thiazole rings is 1. The first-order valence-corrected chi connectivity index (χ1v) is 6.94. The number of carbonyl (C=O) groups is 1. The Kier molecular flexibility index (Phi) is 3.11. The molecule has 0 aliphatic rings. The number of H-pyrrole nitrogens is 2. The molecule has 0 atom stereocenters. The van der Waals surface area contributed by atoms with E-state index >= 15 is 0 Å². The fraction of sp³-hybridized carbons (Fsp3) is 0.154. The monoisotopic (exact) mass is 287 g/mol. The molecule has 0 fully saturated rings. The van der Waals surface area contributed by atoms with Crippen LogP contribution in [0.15, 0.2) is 23.7 Å². The quantitative estimate of drug-likeness (QED) is 0.692. The number of aryl methyl sites for hydroxylation is 2. The molecule has 0 aromatic carbocycles. The van der Waals surface area contributed by atoms with Crippen LogP contribution in [0.1, 0.15) is 21.2 Å². The summed E-state index contributed by atoms with van der Waals surface area (Å²) in [5.41, 5.74) is 3.15. The van der Waals surface area contributed by atoms with Gasteiger partial charge in [-0.25, -0.2) is 4.98 Å². The maximum Gasteiger partial charge on any atom is 0.273 e. The highest BCUT2D eigenvalue weighted by atomic mass is 32.1. The molecule has 20 heavy (non-hydrogen) atoms. The van der Waals surface area contributed by atoms with Crippen molar-refractivity contribution in [1.82, 2.24) is 20.2 Å². The van der Waals surface area contributed by atoms with E-state index in [9.17, 15) is 4.79 Å². The van der Waals surface area contributed by atoms with Gasteiger partial charge in [-0.05, 0) is 19.9 Å². The van der Waals surface area contributed by atoms with Crippen LogP contribution in [0.4, 0.5) is 5.82 Å². The van der Waals surface area contributed by atoms with Crippen LogP contribution in [0.3, 0.4) is 0 Å². The van der Waals surface area contributed by atoms with Crippen LogP contribution < -0.4 is 5.32 Å². The second-order valence-corrected chi connectivity index (χ2v) is 5.51. The lowest BCUT2D eigenvalue weighted by atomic mass is 10.2. The molecule has 3 aromatic heterocycles. The summed E-state index contributed by atoms with van der Waals surface area (Å²) in [7, 11) is 0. The van der Waals surface area contributed by atoms with Gasteiger partial charge >= 0.3 is 0 Å². The third-order valence-electron chi connectivity index (χ3n) is 2.79. The second kappa shape index (κ2) is 4.93. The first-order valence-electron chi connectivity index (χ1n) is 6.06. The Hall–Kier alpha value is -2.41. The van der Waals surface area contributed by atoms with Crippen molar-refractivity contribution in [2.75, 3.05) is 5.32 Å². The zero-order chi connectivity index (χ0) is 14.1. The largest absolute Gasteiger partial charge is 0.357 e. The smallest absolute Gasteiger partial charge is 0.273 e. The van der Waals surface area contributed by atoms with Crippen molar-refractivity contribution < 1.29 is 4.79 Å². The van der Waals surface area contributed by atoms with Gasteiger partial charge in [-0.1, -0.05) is 0 Å². The van der Waals surface area contributed by atoms with Crippen LogP contribution >= 0.6 is 11.3 Å². The number of anilines is 1. The third-order valence-corrected chi connectivity index (χ3v) is 3.56. The molecule has 0 saturated heterocycles. The summed E-state index contributed by atoms with van der Waals surface area (Å²) in [5.74, 6) is 0.280. The Morgan fingerprint density at radius 2 is 2.20 bits per heavy atom. The minimum atomic E-state index is -0.227. The Morgan fingerprint density at radius 1 is 1.35 bits per heavy atom. The molecule has 0 unspecified atom stereocenters. The number of rotatable bonds is 3. The van der Waals surface area contributed by atoms with Gasteiger partial charge in [0, 0.05) is 28.9 Å². The Bertz CT molecular complexity index is 754. The Morgan fingerprint density at radius 3 is 2.85 bits per heavy atom. The lowest BCUT2D eigenvalue weighted by Gasteiger charge is -1.97. The molecule has 102 valence electrons. The fourth-order valence-corrected chi connectivity index (χ4v) is 2.46. The van der Waals surface area contributed by atoms with Gasteiger partial charge < -0.3 is 10.3 Å². The predicted octanol–water partition coefficient (Wildman–Crippen LogP) is 2.73. The van der Waals surface area contributed by atoms with Gasteiger partial charge in [0.2, 0.25) is 0 Å². The van der Waals surface area contributed by atoms with E-state index in [0.29, 0.717) is 11.5 Å². The van der Waals surface area contributed by atoms with Crippen LogP contribution in [0.2, 0.25) is 0 Å². The maximum absolute atomic E-state index is 12.1. The number of nitrogens with one attached hydrogen (secondary N) is 3. The van der Waals surface area contributed by atoms with Gasteiger partial charge in [0.15, 0.2) is 5.82 Å². The molecule has 6 nitrogen and oxygen atoms in total. The highest BCUT2D eigenvalue weighted by molar-refractivity contribution is 7.09. The van der Waals surface area contributed by atoms with Gasteiger partial charge in [0.05, 0.1) is 10.7 Å². The number of hydrogen-bond donors (Lipinski definition) is 3. The highest BCUT2D eigenvalue weighted by Crippen LogP contribution is 2.22. The zero-order valence-corrected chi connectivity index (χ0v) is 11.8. The van der Waals surface area contributed by atoms with Crippen molar-refractivity contribution in [2.24, 2.45) is 0 Å². The van der Waals surface area contributed by atoms with Crippen molar-refractivity contribution in [2.45, 2.75) is 13.8 Å². The van der Waals surface area contributed by atoms with Crippen LogP contribution in [0.25, 0.3) is 11.3 Å². The summed E-state index contributed by atoms with van der Waals surface area (Å²) in [4.78, 5) is 19.4. The molecule has 3 heterocycles. The summed E-state index contributed by atoms with van der Waals surface area (Å²) in [5, 5.41) is 12.4.